The number of anilines is 1. The Labute approximate surface area is 117 Å². The minimum Gasteiger partial charge on any atom is -0.497 e. The summed E-state index contributed by atoms with van der Waals surface area (Å²) >= 11 is 0. The first kappa shape index (κ1) is 12.5. The Hall–Kier alpha value is -2.56. The second-order valence-corrected chi connectivity index (χ2v) is 4.69. The molecule has 5 nitrogen and oxygen atoms in total. The van der Waals surface area contributed by atoms with Crippen molar-refractivity contribution in [1.82, 2.24) is 14.8 Å². The molecule has 2 heterocycles. The molecule has 3 rings (SSSR count). The lowest BCUT2D eigenvalue weighted by molar-refractivity contribution is 0.414. The number of pyridine rings is 1. The van der Waals surface area contributed by atoms with E-state index in [2.05, 4.69) is 10.1 Å². The molecule has 0 unspecified atom stereocenters. The summed E-state index contributed by atoms with van der Waals surface area (Å²) in [7, 11) is 1.66. The summed E-state index contributed by atoms with van der Waals surface area (Å²) in [5.74, 6) is 0.844. The van der Waals surface area contributed by atoms with Crippen molar-refractivity contribution >= 4 is 16.7 Å². The smallest absolute Gasteiger partial charge is 0.118 e. The predicted octanol–water partition coefficient (Wildman–Crippen LogP) is 2.38. The van der Waals surface area contributed by atoms with Crippen LogP contribution in [0.1, 0.15) is 11.3 Å². The largest absolute Gasteiger partial charge is 0.497 e. The van der Waals surface area contributed by atoms with Crippen LogP contribution in [-0.4, -0.2) is 21.9 Å². The zero-order valence-electron chi connectivity index (χ0n) is 11.5. The zero-order valence-corrected chi connectivity index (χ0v) is 11.5. The number of nitrogens with two attached hydrogens (primary N) is 1. The van der Waals surface area contributed by atoms with E-state index in [1.54, 1.807) is 19.4 Å². The fourth-order valence-electron chi connectivity index (χ4n) is 2.30. The van der Waals surface area contributed by atoms with E-state index in [9.17, 15) is 0 Å². The number of ether oxygens (including phenoxy) is 1. The summed E-state index contributed by atoms with van der Waals surface area (Å²) in [5.41, 5.74) is 10.5. The molecule has 0 spiro atoms. The third kappa shape index (κ3) is 2.07. The van der Waals surface area contributed by atoms with E-state index in [1.165, 1.54) is 0 Å². The third-order valence-corrected chi connectivity index (χ3v) is 3.32. The maximum Gasteiger partial charge on any atom is 0.118 e. The number of aromatic nitrogens is 3. The van der Waals surface area contributed by atoms with E-state index in [-0.39, 0.29) is 0 Å². The van der Waals surface area contributed by atoms with Gasteiger partial charge in [0.25, 0.3) is 0 Å². The average molecular weight is 268 g/mol. The third-order valence-electron chi connectivity index (χ3n) is 3.32. The highest BCUT2D eigenvalue weighted by molar-refractivity contribution is 5.88. The first-order valence-electron chi connectivity index (χ1n) is 6.39. The fraction of sp³-hybridized carbons (Fsp3) is 0.200. The number of rotatable bonds is 3. The molecule has 0 atom stereocenters. The van der Waals surface area contributed by atoms with Crippen molar-refractivity contribution in [2.45, 2.75) is 13.5 Å². The van der Waals surface area contributed by atoms with Crippen LogP contribution >= 0.6 is 0 Å². The number of benzene rings is 1. The van der Waals surface area contributed by atoms with Crippen molar-refractivity contribution in [3.63, 3.8) is 0 Å². The van der Waals surface area contributed by atoms with Crippen LogP contribution in [-0.2, 0) is 6.54 Å². The van der Waals surface area contributed by atoms with Crippen molar-refractivity contribution in [1.29, 1.82) is 0 Å². The molecular formula is C15H16N4O. The Bertz CT molecular complexity index is 746. The van der Waals surface area contributed by atoms with Gasteiger partial charge in [0, 0.05) is 6.20 Å². The van der Waals surface area contributed by atoms with Gasteiger partial charge in [0.05, 0.1) is 25.0 Å². The van der Waals surface area contributed by atoms with Crippen molar-refractivity contribution in [3.8, 4) is 5.75 Å². The Morgan fingerprint density at radius 2 is 1.95 bits per heavy atom. The molecule has 0 aliphatic heterocycles. The van der Waals surface area contributed by atoms with Gasteiger partial charge in [0.1, 0.15) is 16.8 Å². The first-order chi connectivity index (χ1) is 9.69. The van der Waals surface area contributed by atoms with Gasteiger partial charge in [-0.3, -0.25) is 9.67 Å². The van der Waals surface area contributed by atoms with E-state index in [1.807, 2.05) is 35.9 Å². The molecule has 0 bridgehead atoms. The number of nitrogens with zero attached hydrogens (tertiary/aromatic N) is 3. The molecule has 0 aliphatic carbocycles. The van der Waals surface area contributed by atoms with Crippen LogP contribution in [0.15, 0.2) is 36.5 Å². The van der Waals surface area contributed by atoms with Crippen molar-refractivity contribution in [3.05, 3.63) is 47.8 Å². The molecule has 0 aliphatic rings. The summed E-state index contributed by atoms with van der Waals surface area (Å²) in [6.45, 7) is 2.60. The molecule has 2 N–H and O–H groups in total. The summed E-state index contributed by atoms with van der Waals surface area (Å²) in [6.07, 6.45) is 1.71. The maximum absolute atomic E-state index is 6.05. The Morgan fingerprint density at radius 1 is 1.20 bits per heavy atom. The molecule has 0 saturated carbocycles. The van der Waals surface area contributed by atoms with E-state index in [0.717, 1.165) is 28.0 Å². The lowest BCUT2D eigenvalue weighted by Crippen LogP contribution is -2.03. The molecule has 0 radical (unpaired) electrons. The van der Waals surface area contributed by atoms with Crippen LogP contribution in [0, 0.1) is 6.92 Å². The molecule has 5 heteroatoms. The summed E-state index contributed by atoms with van der Waals surface area (Å²) < 4.78 is 7.06. The Morgan fingerprint density at radius 3 is 2.65 bits per heavy atom. The number of hydrogen-bond donors (Lipinski definition) is 1. The van der Waals surface area contributed by atoms with E-state index in [4.69, 9.17) is 10.5 Å². The van der Waals surface area contributed by atoms with Crippen LogP contribution in [0.4, 0.5) is 5.69 Å². The quantitative estimate of drug-likeness (QED) is 0.792. The molecule has 0 fully saturated rings. The summed E-state index contributed by atoms with van der Waals surface area (Å²) in [6, 6.07) is 9.72. The number of aryl methyl sites for hydroxylation is 1. The van der Waals surface area contributed by atoms with Crippen LogP contribution < -0.4 is 10.5 Å². The SMILES string of the molecule is COc1ccc(Cn2nc(C)c3nccc(N)c32)cc1. The van der Waals surface area contributed by atoms with E-state index >= 15 is 0 Å². The van der Waals surface area contributed by atoms with Crippen LogP contribution in [0.3, 0.4) is 0 Å². The van der Waals surface area contributed by atoms with E-state index < -0.39 is 0 Å². The van der Waals surface area contributed by atoms with Crippen molar-refractivity contribution in [2.75, 3.05) is 12.8 Å². The number of hydrogen-bond acceptors (Lipinski definition) is 4. The Kier molecular flexibility index (Phi) is 3.02. The molecule has 0 saturated heterocycles. The normalized spacial score (nSPS) is 10.9. The van der Waals surface area contributed by atoms with Gasteiger partial charge in [-0.15, -0.1) is 0 Å². The number of methoxy groups -OCH3 is 1. The summed E-state index contributed by atoms with van der Waals surface area (Å²) in [5, 5.41) is 4.53. The lowest BCUT2D eigenvalue weighted by Gasteiger charge is -2.06. The van der Waals surface area contributed by atoms with Gasteiger partial charge in [0.15, 0.2) is 0 Å². The van der Waals surface area contributed by atoms with Crippen molar-refractivity contribution in [2.24, 2.45) is 0 Å². The van der Waals surface area contributed by atoms with Gasteiger partial charge in [0.2, 0.25) is 0 Å². The van der Waals surface area contributed by atoms with Crippen LogP contribution in [0.2, 0.25) is 0 Å². The van der Waals surface area contributed by atoms with E-state index in [0.29, 0.717) is 12.2 Å². The molecule has 102 valence electrons. The number of fused-ring (bicyclic) bond motifs is 1. The maximum atomic E-state index is 6.05. The second kappa shape index (κ2) is 4.85. The molecule has 1 aromatic carbocycles. The van der Waals surface area contributed by atoms with Gasteiger partial charge in [-0.05, 0) is 30.7 Å². The topological polar surface area (TPSA) is 66.0 Å². The van der Waals surface area contributed by atoms with Gasteiger partial charge in [-0.25, -0.2) is 0 Å². The molecule has 2 aromatic heterocycles. The first-order valence-corrected chi connectivity index (χ1v) is 6.39. The highest BCUT2D eigenvalue weighted by Crippen LogP contribution is 2.22. The molecular weight excluding hydrogens is 252 g/mol. The summed E-state index contributed by atoms with van der Waals surface area (Å²) in [4.78, 5) is 4.35. The Balaban J connectivity index is 2.02. The standard InChI is InChI=1S/C15H16N4O/c1-10-14-15(13(16)7-8-17-14)19(18-10)9-11-3-5-12(20-2)6-4-11/h3-8H,9H2,1-2H3,(H2,16,17). The lowest BCUT2D eigenvalue weighted by atomic mass is 10.2. The number of nitrogen functional groups attached to an aromatic ring is 1. The molecule has 0 amide bonds. The van der Waals surface area contributed by atoms with Crippen LogP contribution in [0.5, 0.6) is 5.75 Å². The predicted molar refractivity (Wildman–Crippen MR) is 78.8 cm³/mol. The van der Waals surface area contributed by atoms with Gasteiger partial charge < -0.3 is 10.5 Å². The monoisotopic (exact) mass is 268 g/mol. The van der Waals surface area contributed by atoms with Gasteiger partial charge in [-0.1, -0.05) is 12.1 Å². The molecule has 3 aromatic rings. The van der Waals surface area contributed by atoms with Gasteiger partial charge >= 0.3 is 0 Å². The second-order valence-electron chi connectivity index (χ2n) is 4.69. The average Bonchev–Trinajstić information content (AvgIpc) is 2.78. The molecule has 20 heavy (non-hydrogen) atoms. The zero-order chi connectivity index (χ0) is 14.1. The van der Waals surface area contributed by atoms with Crippen LogP contribution in [0.25, 0.3) is 11.0 Å². The van der Waals surface area contributed by atoms with Crippen molar-refractivity contribution < 1.29 is 4.74 Å². The highest BCUT2D eigenvalue weighted by atomic mass is 16.5. The minimum atomic E-state index is 0.657. The fourth-order valence-corrected chi connectivity index (χ4v) is 2.30. The highest BCUT2D eigenvalue weighted by Gasteiger charge is 2.11. The van der Waals surface area contributed by atoms with Gasteiger partial charge in [-0.2, -0.15) is 5.10 Å². The minimum absolute atomic E-state index is 0.657.